The van der Waals surface area contributed by atoms with E-state index in [4.69, 9.17) is 0 Å². The number of amides is 1. The predicted octanol–water partition coefficient (Wildman–Crippen LogP) is 1.96. The van der Waals surface area contributed by atoms with E-state index in [9.17, 15) is 9.90 Å². The third-order valence-electron chi connectivity index (χ3n) is 1.77. The van der Waals surface area contributed by atoms with Gasteiger partial charge in [0.2, 0.25) is 5.91 Å². The molecule has 3 nitrogen and oxygen atoms in total. The molecular formula is C10H13NO2S. The van der Waals surface area contributed by atoms with Gasteiger partial charge in [-0.25, -0.2) is 0 Å². The first-order valence-corrected chi connectivity index (χ1v) is 4.97. The molecule has 1 amide bonds. The van der Waals surface area contributed by atoms with E-state index in [1.54, 1.807) is 18.2 Å². The number of aromatic hydroxyl groups is 1. The fraction of sp³-hybridized carbons (Fsp3) is 0.300. The summed E-state index contributed by atoms with van der Waals surface area (Å²) in [6.07, 6.45) is 0.344. The second-order valence-electron chi connectivity index (χ2n) is 3.04. The topological polar surface area (TPSA) is 49.3 Å². The molecule has 0 aliphatic carbocycles. The number of hydrogen-bond donors (Lipinski definition) is 3. The number of hydrogen-bond acceptors (Lipinski definition) is 3. The molecule has 14 heavy (non-hydrogen) atoms. The second-order valence-corrected chi connectivity index (χ2v) is 3.49. The third-order valence-corrected chi connectivity index (χ3v) is 1.99. The molecule has 0 unspecified atom stereocenters. The van der Waals surface area contributed by atoms with E-state index < -0.39 is 0 Å². The van der Waals surface area contributed by atoms with Gasteiger partial charge in [-0.2, -0.15) is 12.6 Å². The summed E-state index contributed by atoms with van der Waals surface area (Å²) in [7, 11) is 0. The molecule has 1 aromatic rings. The zero-order chi connectivity index (χ0) is 10.6. The van der Waals surface area contributed by atoms with Crippen LogP contribution in [0.15, 0.2) is 18.2 Å². The van der Waals surface area contributed by atoms with Gasteiger partial charge in [0.1, 0.15) is 5.75 Å². The Morgan fingerprint density at radius 3 is 2.93 bits per heavy atom. The van der Waals surface area contributed by atoms with Crippen LogP contribution in [0.4, 0.5) is 5.69 Å². The number of phenols is 1. The second kappa shape index (κ2) is 4.91. The molecule has 0 saturated heterocycles. The van der Waals surface area contributed by atoms with Crippen molar-refractivity contribution in [2.45, 2.75) is 13.3 Å². The summed E-state index contributed by atoms with van der Waals surface area (Å²) >= 11 is 3.95. The van der Waals surface area contributed by atoms with Gasteiger partial charge in [-0.05, 0) is 30.4 Å². The van der Waals surface area contributed by atoms with Crippen molar-refractivity contribution < 1.29 is 9.90 Å². The summed E-state index contributed by atoms with van der Waals surface area (Å²) in [5.74, 6) is 0.447. The number of aryl methyl sites for hydroxylation is 1. The Balaban J connectivity index is 2.75. The van der Waals surface area contributed by atoms with Crippen LogP contribution in [-0.2, 0) is 4.79 Å². The molecule has 2 N–H and O–H groups in total. The molecule has 0 bridgehead atoms. The monoisotopic (exact) mass is 211 g/mol. The Bertz CT molecular complexity index is 339. The number of phenolic OH excluding ortho intramolecular Hbond substituents is 1. The Morgan fingerprint density at radius 1 is 1.57 bits per heavy atom. The highest BCUT2D eigenvalue weighted by Crippen LogP contribution is 2.23. The van der Waals surface area contributed by atoms with E-state index in [2.05, 4.69) is 17.9 Å². The zero-order valence-corrected chi connectivity index (χ0v) is 8.84. The van der Waals surface area contributed by atoms with E-state index in [0.717, 1.165) is 5.56 Å². The van der Waals surface area contributed by atoms with Gasteiger partial charge in [0.05, 0.1) is 5.69 Å². The highest BCUT2D eigenvalue weighted by molar-refractivity contribution is 7.80. The van der Waals surface area contributed by atoms with Crippen LogP contribution in [-0.4, -0.2) is 16.8 Å². The molecule has 0 atom stereocenters. The first-order valence-electron chi connectivity index (χ1n) is 4.34. The van der Waals surface area contributed by atoms with Gasteiger partial charge in [-0.3, -0.25) is 4.79 Å². The lowest BCUT2D eigenvalue weighted by Gasteiger charge is -2.07. The van der Waals surface area contributed by atoms with Gasteiger partial charge in [-0.15, -0.1) is 0 Å². The van der Waals surface area contributed by atoms with Crippen molar-refractivity contribution in [1.29, 1.82) is 0 Å². The smallest absolute Gasteiger partial charge is 0.225 e. The first-order chi connectivity index (χ1) is 6.63. The van der Waals surface area contributed by atoms with E-state index in [-0.39, 0.29) is 11.7 Å². The summed E-state index contributed by atoms with van der Waals surface area (Å²) in [4.78, 5) is 11.2. The SMILES string of the molecule is Cc1ccc(O)c(NC(=O)CCS)c1. The van der Waals surface area contributed by atoms with Gasteiger partial charge in [0, 0.05) is 6.42 Å². The Hall–Kier alpha value is -1.16. The first kappa shape index (κ1) is 10.9. The normalized spacial score (nSPS) is 9.86. The lowest BCUT2D eigenvalue weighted by molar-refractivity contribution is -0.115. The molecule has 0 aliphatic heterocycles. The molecule has 0 aromatic heterocycles. The van der Waals surface area contributed by atoms with E-state index in [1.807, 2.05) is 6.92 Å². The molecule has 0 saturated carbocycles. The van der Waals surface area contributed by atoms with Crippen molar-refractivity contribution in [3.05, 3.63) is 23.8 Å². The molecule has 0 spiro atoms. The lowest BCUT2D eigenvalue weighted by atomic mass is 10.2. The van der Waals surface area contributed by atoms with E-state index >= 15 is 0 Å². The maximum Gasteiger partial charge on any atom is 0.225 e. The summed E-state index contributed by atoms with van der Waals surface area (Å²) in [5, 5.41) is 12.0. The maximum atomic E-state index is 11.2. The summed E-state index contributed by atoms with van der Waals surface area (Å²) < 4.78 is 0. The quantitative estimate of drug-likeness (QED) is 0.529. The number of rotatable bonds is 3. The number of benzene rings is 1. The zero-order valence-electron chi connectivity index (χ0n) is 7.95. The summed E-state index contributed by atoms with van der Waals surface area (Å²) in [6.45, 7) is 1.90. The minimum atomic E-state index is -0.138. The van der Waals surface area contributed by atoms with E-state index in [0.29, 0.717) is 17.9 Å². The van der Waals surface area contributed by atoms with Crippen molar-refractivity contribution in [2.24, 2.45) is 0 Å². The van der Waals surface area contributed by atoms with Crippen LogP contribution in [0.2, 0.25) is 0 Å². The molecule has 0 aliphatic rings. The van der Waals surface area contributed by atoms with Gasteiger partial charge in [0.25, 0.3) is 0 Å². The number of carbonyl (C=O) groups is 1. The minimum absolute atomic E-state index is 0.0862. The highest BCUT2D eigenvalue weighted by atomic mass is 32.1. The van der Waals surface area contributed by atoms with Crippen molar-refractivity contribution in [3.8, 4) is 5.75 Å². The van der Waals surface area contributed by atoms with Crippen LogP contribution in [0.1, 0.15) is 12.0 Å². The molecule has 0 heterocycles. The molecular weight excluding hydrogens is 198 g/mol. The Labute approximate surface area is 88.6 Å². The third kappa shape index (κ3) is 2.96. The molecule has 4 heteroatoms. The number of carbonyl (C=O) groups excluding carboxylic acids is 1. The standard InChI is InChI=1S/C10H13NO2S/c1-7-2-3-9(12)8(6-7)11-10(13)4-5-14/h2-3,6,12,14H,4-5H2,1H3,(H,11,13). The summed E-state index contributed by atoms with van der Waals surface area (Å²) in [6, 6.07) is 5.07. The average Bonchev–Trinajstić information content (AvgIpc) is 2.12. The largest absolute Gasteiger partial charge is 0.506 e. The average molecular weight is 211 g/mol. The van der Waals surface area contributed by atoms with Gasteiger partial charge in [-0.1, -0.05) is 6.07 Å². The number of thiol groups is 1. The van der Waals surface area contributed by atoms with Crippen LogP contribution < -0.4 is 5.32 Å². The molecule has 76 valence electrons. The van der Waals surface area contributed by atoms with Crippen LogP contribution >= 0.6 is 12.6 Å². The fourth-order valence-electron chi connectivity index (χ4n) is 1.06. The van der Waals surface area contributed by atoms with Crippen LogP contribution in [0.5, 0.6) is 5.75 Å². The minimum Gasteiger partial charge on any atom is -0.506 e. The van der Waals surface area contributed by atoms with Crippen molar-refractivity contribution >= 4 is 24.2 Å². The van der Waals surface area contributed by atoms with E-state index in [1.165, 1.54) is 0 Å². The molecule has 0 radical (unpaired) electrons. The van der Waals surface area contributed by atoms with Crippen LogP contribution in [0.25, 0.3) is 0 Å². The lowest BCUT2D eigenvalue weighted by Crippen LogP contribution is -2.11. The molecule has 1 rings (SSSR count). The number of nitrogens with one attached hydrogen (secondary N) is 1. The van der Waals surface area contributed by atoms with Gasteiger partial charge < -0.3 is 10.4 Å². The Kier molecular flexibility index (Phi) is 3.83. The van der Waals surface area contributed by atoms with Crippen LogP contribution in [0.3, 0.4) is 0 Å². The van der Waals surface area contributed by atoms with Gasteiger partial charge in [0.15, 0.2) is 0 Å². The van der Waals surface area contributed by atoms with Crippen LogP contribution in [0, 0.1) is 6.92 Å². The summed E-state index contributed by atoms with van der Waals surface area (Å²) in [5.41, 5.74) is 1.45. The fourth-order valence-corrected chi connectivity index (χ4v) is 1.27. The van der Waals surface area contributed by atoms with Crippen molar-refractivity contribution in [3.63, 3.8) is 0 Å². The van der Waals surface area contributed by atoms with Gasteiger partial charge >= 0.3 is 0 Å². The number of anilines is 1. The maximum absolute atomic E-state index is 11.2. The molecule has 1 aromatic carbocycles. The Morgan fingerprint density at radius 2 is 2.29 bits per heavy atom. The van der Waals surface area contributed by atoms with Crippen molar-refractivity contribution in [2.75, 3.05) is 11.1 Å². The highest BCUT2D eigenvalue weighted by Gasteiger charge is 2.05. The van der Waals surface area contributed by atoms with Crippen molar-refractivity contribution in [1.82, 2.24) is 0 Å². The predicted molar refractivity (Wildman–Crippen MR) is 59.9 cm³/mol. The molecule has 0 fully saturated rings.